The van der Waals surface area contributed by atoms with Gasteiger partial charge in [-0.2, -0.15) is 0 Å². The van der Waals surface area contributed by atoms with E-state index in [2.05, 4.69) is 19.2 Å². The van der Waals surface area contributed by atoms with Gasteiger partial charge in [-0.15, -0.1) is 11.6 Å². The first kappa shape index (κ1) is 11.3. The summed E-state index contributed by atoms with van der Waals surface area (Å²) in [5, 5.41) is 2.23. The molecular formula is C9H15ClN2O2. The fourth-order valence-corrected chi connectivity index (χ4v) is 1.58. The van der Waals surface area contributed by atoms with Crippen molar-refractivity contribution < 1.29 is 9.59 Å². The average Bonchev–Trinajstić information content (AvgIpc) is 2.46. The van der Waals surface area contributed by atoms with Gasteiger partial charge in [0, 0.05) is 13.1 Å². The van der Waals surface area contributed by atoms with Crippen LogP contribution in [0.4, 0.5) is 4.79 Å². The lowest BCUT2D eigenvalue weighted by Crippen LogP contribution is -2.42. The Balaban J connectivity index is 2.44. The van der Waals surface area contributed by atoms with E-state index in [0.29, 0.717) is 13.1 Å². The van der Waals surface area contributed by atoms with Crippen molar-refractivity contribution in [3.05, 3.63) is 0 Å². The Bertz CT molecular complexity index is 253. The predicted octanol–water partition coefficient (Wildman–Crippen LogP) is 1.19. The van der Waals surface area contributed by atoms with E-state index in [1.165, 1.54) is 0 Å². The van der Waals surface area contributed by atoms with Gasteiger partial charge in [-0.05, 0) is 11.8 Å². The minimum Gasteiger partial charge on any atom is -0.324 e. The van der Waals surface area contributed by atoms with Crippen LogP contribution in [0.5, 0.6) is 0 Å². The quantitative estimate of drug-likeness (QED) is 0.673. The van der Waals surface area contributed by atoms with E-state index < -0.39 is 5.91 Å². The van der Waals surface area contributed by atoms with Crippen molar-refractivity contribution in [3.63, 3.8) is 0 Å². The first-order valence-corrected chi connectivity index (χ1v) is 5.13. The van der Waals surface area contributed by atoms with Crippen LogP contribution in [0.15, 0.2) is 0 Å². The molecule has 0 aliphatic carbocycles. The van der Waals surface area contributed by atoms with Crippen molar-refractivity contribution in [3.8, 4) is 0 Å². The number of imide groups is 1. The summed E-state index contributed by atoms with van der Waals surface area (Å²) in [5.41, 5.74) is 0.154. The smallest absolute Gasteiger partial charge is 0.324 e. The van der Waals surface area contributed by atoms with Crippen LogP contribution in [0.3, 0.4) is 0 Å². The van der Waals surface area contributed by atoms with Crippen molar-refractivity contribution in [1.29, 1.82) is 0 Å². The van der Waals surface area contributed by atoms with Gasteiger partial charge >= 0.3 is 6.03 Å². The zero-order chi connectivity index (χ0) is 10.8. The van der Waals surface area contributed by atoms with Gasteiger partial charge in [0.25, 0.3) is 0 Å². The molecule has 1 saturated heterocycles. The molecule has 1 heterocycles. The van der Waals surface area contributed by atoms with E-state index >= 15 is 0 Å². The maximum Gasteiger partial charge on any atom is 0.324 e. The minimum atomic E-state index is -0.443. The van der Waals surface area contributed by atoms with Crippen molar-refractivity contribution in [1.82, 2.24) is 10.2 Å². The summed E-state index contributed by atoms with van der Waals surface area (Å²) in [6.45, 7) is 5.59. The Morgan fingerprint density at radius 2 is 2.14 bits per heavy atom. The third-order valence-corrected chi connectivity index (χ3v) is 2.58. The number of nitrogens with zero attached hydrogens (tertiary/aromatic N) is 1. The number of carbonyl (C=O) groups is 2. The van der Waals surface area contributed by atoms with Crippen LogP contribution in [-0.4, -0.2) is 35.8 Å². The third kappa shape index (κ3) is 2.87. The second-order valence-electron chi connectivity index (χ2n) is 4.32. The Hall–Kier alpha value is -0.770. The molecule has 80 valence electrons. The van der Waals surface area contributed by atoms with E-state index in [-0.39, 0.29) is 17.3 Å². The molecule has 0 saturated carbocycles. The summed E-state index contributed by atoms with van der Waals surface area (Å²) in [6.07, 6.45) is 0.968. The van der Waals surface area contributed by atoms with Crippen molar-refractivity contribution in [2.24, 2.45) is 5.41 Å². The second kappa shape index (κ2) is 4.17. The Morgan fingerprint density at radius 1 is 1.50 bits per heavy atom. The number of nitrogens with one attached hydrogen (secondary N) is 1. The van der Waals surface area contributed by atoms with Gasteiger partial charge in [0.05, 0.1) is 0 Å². The molecule has 1 aliphatic heterocycles. The van der Waals surface area contributed by atoms with Gasteiger partial charge in [-0.3, -0.25) is 10.1 Å². The molecule has 1 rings (SSSR count). The lowest BCUT2D eigenvalue weighted by atomic mass is 9.93. The average molecular weight is 219 g/mol. The number of alkyl halides is 1. The molecule has 3 amide bonds. The predicted molar refractivity (Wildman–Crippen MR) is 54.2 cm³/mol. The molecule has 0 aromatic heterocycles. The van der Waals surface area contributed by atoms with Crippen molar-refractivity contribution in [2.45, 2.75) is 20.3 Å². The normalized spacial score (nSPS) is 19.5. The number of amides is 3. The molecule has 1 N–H and O–H groups in total. The lowest BCUT2D eigenvalue weighted by molar-refractivity contribution is -0.117. The van der Waals surface area contributed by atoms with Crippen LogP contribution in [-0.2, 0) is 4.79 Å². The van der Waals surface area contributed by atoms with Crippen LogP contribution in [0, 0.1) is 5.41 Å². The number of likely N-dealkylation sites (tertiary alicyclic amines) is 1. The zero-order valence-electron chi connectivity index (χ0n) is 8.47. The fraction of sp³-hybridized carbons (Fsp3) is 0.778. The van der Waals surface area contributed by atoms with Crippen LogP contribution >= 0.6 is 11.6 Å². The Labute approximate surface area is 88.6 Å². The van der Waals surface area contributed by atoms with E-state index in [4.69, 9.17) is 11.6 Å². The standard InChI is InChI=1S/C9H15ClN2O2/c1-9(2)3-4-12(6-9)8(14)11-7(13)5-10/h3-6H2,1-2H3,(H,11,13,14). The monoisotopic (exact) mass is 218 g/mol. The molecule has 14 heavy (non-hydrogen) atoms. The van der Waals surface area contributed by atoms with Gasteiger partial charge < -0.3 is 4.90 Å². The number of carbonyl (C=O) groups excluding carboxylic acids is 2. The number of hydrogen-bond acceptors (Lipinski definition) is 2. The summed E-state index contributed by atoms with van der Waals surface area (Å²) < 4.78 is 0. The summed E-state index contributed by atoms with van der Waals surface area (Å²) in [4.78, 5) is 23.9. The summed E-state index contributed by atoms with van der Waals surface area (Å²) in [7, 11) is 0. The van der Waals surface area contributed by atoms with Crippen molar-refractivity contribution in [2.75, 3.05) is 19.0 Å². The molecule has 1 fully saturated rings. The fourth-order valence-electron chi connectivity index (χ4n) is 1.52. The molecule has 5 heteroatoms. The maximum absolute atomic E-state index is 11.4. The van der Waals surface area contributed by atoms with Crippen LogP contribution in [0.25, 0.3) is 0 Å². The molecule has 0 radical (unpaired) electrons. The van der Waals surface area contributed by atoms with Crippen LogP contribution in [0.2, 0.25) is 0 Å². The van der Waals surface area contributed by atoms with Gasteiger partial charge in [0.2, 0.25) is 5.91 Å². The maximum atomic E-state index is 11.4. The SMILES string of the molecule is CC1(C)CCN(C(=O)NC(=O)CCl)C1. The second-order valence-corrected chi connectivity index (χ2v) is 4.59. The van der Waals surface area contributed by atoms with E-state index in [9.17, 15) is 9.59 Å². The molecular weight excluding hydrogens is 204 g/mol. The first-order chi connectivity index (χ1) is 6.44. The Morgan fingerprint density at radius 3 is 2.57 bits per heavy atom. The molecule has 4 nitrogen and oxygen atoms in total. The molecule has 0 unspecified atom stereocenters. The minimum absolute atomic E-state index is 0.154. The molecule has 0 spiro atoms. The van der Waals surface area contributed by atoms with E-state index in [1.807, 2.05) is 0 Å². The Kier molecular flexibility index (Phi) is 3.37. The number of halogens is 1. The third-order valence-electron chi connectivity index (χ3n) is 2.33. The van der Waals surface area contributed by atoms with E-state index in [1.54, 1.807) is 4.90 Å². The van der Waals surface area contributed by atoms with Gasteiger partial charge in [-0.25, -0.2) is 4.79 Å². The van der Waals surface area contributed by atoms with Gasteiger partial charge in [-0.1, -0.05) is 13.8 Å². The highest BCUT2D eigenvalue weighted by Gasteiger charge is 2.32. The number of hydrogen-bond donors (Lipinski definition) is 1. The number of urea groups is 1. The summed E-state index contributed by atoms with van der Waals surface area (Å²) in [6, 6.07) is -0.332. The van der Waals surface area contributed by atoms with Crippen LogP contribution < -0.4 is 5.32 Å². The highest BCUT2D eigenvalue weighted by atomic mass is 35.5. The zero-order valence-corrected chi connectivity index (χ0v) is 9.23. The molecule has 0 aromatic rings. The molecule has 0 atom stereocenters. The van der Waals surface area contributed by atoms with Crippen molar-refractivity contribution >= 4 is 23.5 Å². The highest BCUT2D eigenvalue weighted by molar-refractivity contribution is 6.28. The topological polar surface area (TPSA) is 49.4 Å². The molecule has 0 aromatic carbocycles. The molecule has 1 aliphatic rings. The largest absolute Gasteiger partial charge is 0.324 e. The number of rotatable bonds is 1. The van der Waals surface area contributed by atoms with Gasteiger partial charge in [0.15, 0.2) is 0 Å². The van der Waals surface area contributed by atoms with E-state index in [0.717, 1.165) is 6.42 Å². The van der Waals surface area contributed by atoms with Gasteiger partial charge in [0.1, 0.15) is 5.88 Å². The summed E-state index contributed by atoms with van der Waals surface area (Å²) in [5.74, 6) is -0.621. The first-order valence-electron chi connectivity index (χ1n) is 4.59. The lowest BCUT2D eigenvalue weighted by Gasteiger charge is -2.19. The molecule has 0 bridgehead atoms. The highest BCUT2D eigenvalue weighted by Crippen LogP contribution is 2.28. The summed E-state index contributed by atoms with van der Waals surface area (Å²) >= 11 is 5.28. The van der Waals surface area contributed by atoms with Crippen LogP contribution in [0.1, 0.15) is 20.3 Å².